The molecule has 2 rings (SSSR count). The molecule has 2 heterocycles. The molecule has 0 fully saturated rings. The Morgan fingerprint density at radius 3 is 2.89 bits per heavy atom. The third-order valence-corrected chi connectivity index (χ3v) is 2.49. The van der Waals surface area contributed by atoms with Gasteiger partial charge in [-0.15, -0.1) is 0 Å². The highest BCUT2D eigenvalue weighted by molar-refractivity contribution is 5.92. The number of aromatic amines is 1. The van der Waals surface area contributed by atoms with Gasteiger partial charge in [0, 0.05) is 30.8 Å². The molecule has 0 saturated heterocycles. The monoisotopic (exact) mass is 245 g/mol. The van der Waals surface area contributed by atoms with Crippen molar-refractivity contribution in [1.82, 2.24) is 19.9 Å². The fourth-order valence-corrected chi connectivity index (χ4v) is 1.60. The van der Waals surface area contributed by atoms with Crippen LogP contribution < -0.4 is 5.73 Å². The molecule has 2 aromatic heterocycles. The van der Waals surface area contributed by atoms with Crippen molar-refractivity contribution in [2.45, 2.75) is 13.5 Å². The van der Waals surface area contributed by atoms with Crippen molar-refractivity contribution in [2.24, 2.45) is 0 Å². The summed E-state index contributed by atoms with van der Waals surface area (Å²) < 4.78 is 0. The third-order valence-electron chi connectivity index (χ3n) is 2.49. The standard InChI is InChI=1S/C12H15N5O/c1-8-6-15-11(16-8)7-17(2)12(18)10-5-9(13)3-4-14-10/h3-6H,7H2,1-2H3,(H2,13,14)(H,15,16). The number of imidazole rings is 1. The number of pyridine rings is 1. The van der Waals surface area contributed by atoms with E-state index < -0.39 is 0 Å². The fourth-order valence-electron chi connectivity index (χ4n) is 1.60. The Balaban J connectivity index is 2.09. The minimum Gasteiger partial charge on any atom is -0.399 e. The second kappa shape index (κ2) is 4.87. The molecule has 0 aromatic carbocycles. The minimum absolute atomic E-state index is 0.184. The quantitative estimate of drug-likeness (QED) is 0.843. The lowest BCUT2D eigenvalue weighted by molar-refractivity contribution is 0.0776. The van der Waals surface area contributed by atoms with E-state index in [1.807, 2.05) is 6.92 Å². The number of nitrogens with zero attached hydrogens (tertiary/aromatic N) is 3. The van der Waals surface area contributed by atoms with Crippen LogP contribution in [0.3, 0.4) is 0 Å². The predicted molar refractivity (Wildman–Crippen MR) is 67.8 cm³/mol. The summed E-state index contributed by atoms with van der Waals surface area (Å²) in [6.07, 6.45) is 3.25. The second-order valence-electron chi connectivity index (χ2n) is 4.15. The van der Waals surface area contributed by atoms with Gasteiger partial charge in [-0.05, 0) is 19.1 Å². The molecule has 2 aromatic rings. The van der Waals surface area contributed by atoms with E-state index in [0.29, 0.717) is 17.9 Å². The van der Waals surface area contributed by atoms with Gasteiger partial charge in [0.1, 0.15) is 11.5 Å². The highest BCUT2D eigenvalue weighted by atomic mass is 16.2. The molecule has 3 N–H and O–H groups in total. The largest absolute Gasteiger partial charge is 0.399 e. The Kier molecular flexibility index (Phi) is 3.27. The average molecular weight is 245 g/mol. The molecule has 0 spiro atoms. The number of nitrogens with one attached hydrogen (secondary N) is 1. The minimum atomic E-state index is -0.184. The molecule has 0 unspecified atom stereocenters. The topological polar surface area (TPSA) is 87.9 Å². The number of nitrogens with two attached hydrogens (primary N) is 1. The molecule has 0 saturated carbocycles. The van der Waals surface area contributed by atoms with Crippen LogP contribution in [0.1, 0.15) is 22.0 Å². The molecule has 1 amide bonds. The van der Waals surface area contributed by atoms with Crippen LogP contribution in [-0.2, 0) is 6.54 Å². The van der Waals surface area contributed by atoms with Crippen molar-refractivity contribution in [2.75, 3.05) is 12.8 Å². The number of hydrogen-bond acceptors (Lipinski definition) is 4. The number of anilines is 1. The number of rotatable bonds is 3. The Bertz CT molecular complexity index is 563. The normalized spacial score (nSPS) is 10.3. The number of nitrogen functional groups attached to an aromatic ring is 1. The molecule has 0 atom stereocenters. The lowest BCUT2D eigenvalue weighted by Crippen LogP contribution is -2.27. The van der Waals surface area contributed by atoms with Gasteiger partial charge in [-0.25, -0.2) is 4.98 Å². The second-order valence-corrected chi connectivity index (χ2v) is 4.15. The zero-order chi connectivity index (χ0) is 13.1. The van der Waals surface area contributed by atoms with Crippen molar-refractivity contribution in [3.63, 3.8) is 0 Å². The lowest BCUT2D eigenvalue weighted by atomic mass is 10.3. The van der Waals surface area contributed by atoms with Gasteiger partial charge in [-0.3, -0.25) is 9.78 Å². The van der Waals surface area contributed by atoms with Crippen LogP contribution in [0.15, 0.2) is 24.5 Å². The van der Waals surface area contributed by atoms with Gasteiger partial charge < -0.3 is 15.6 Å². The number of H-pyrrole nitrogens is 1. The fraction of sp³-hybridized carbons (Fsp3) is 0.250. The first-order valence-electron chi connectivity index (χ1n) is 5.54. The molecule has 0 bridgehead atoms. The molecule has 18 heavy (non-hydrogen) atoms. The van der Waals surface area contributed by atoms with Gasteiger partial charge in [0.25, 0.3) is 5.91 Å². The number of amides is 1. The van der Waals surface area contributed by atoms with Crippen molar-refractivity contribution in [3.8, 4) is 0 Å². The van der Waals surface area contributed by atoms with Crippen LogP contribution >= 0.6 is 0 Å². The predicted octanol–water partition coefficient (Wildman–Crippen LogP) is 0.968. The van der Waals surface area contributed by atoms with Crippen LogP contribution in [0.5, 0.6) is 0 Å². The molecular weight excluding hydrogens is 230 g/mol. The Morgan fingerprint density at radius 2 is 2.28 bits per heavy atom. The molecule has 94 valence electrons. The maximum absolute atomic E-state index is 12.1. The number of aryl methyl sites for hydroxylation is 1. The van der Waals surface area contributed by atoms with E-state index >= 15 is 0 Å². The first-order chi connectivity index (χ1) is 8.56. The number of carbonyl (C=O) groups excluding carboxylic acids is 1. The molecule has 0 aliphatic carbocycles. The smallest absolute Gasteiger partial charge is 0.272 e. The summed E-state index contributed by atoms with van der Waals surface area (Å²) in [4.78, 5) is 24.9. The van der Waals surface area contributed by atoms with Gasteiger partial charge in [0.15, 0.2) is 0 Å². The van der Waals surface area contributed by atoms with Gasteiger partial charge in [-0.1, -0.05) is 0 Å². The highest BCUT2D eigenvalue weighted by Crippen LogP contribution is 2.07. The van der Waals surface area contributed by atoms with E-state index in [0.717, 1.165) is 11.5 Å². The van der Waals surface area contributed by atoms with Crippen LogP contribution in [0.25, 0.3) is 0 Å². The summed E-state index contributed by atoms with van der Waals surface area (Å²) in [5.74, 6) is 0.559. The first kappa shape index (κ1) is 12.1. The van der Waals surface area contributed by atoms with Gasteiger partial charge in [0.05, 0.1) is 6.54 Å². The summed E-state index contributed by atoms with van der Waals surface area (Å²) in [6, 6.07) is 3.21. The SMILES string of the molecule is Cc1cnc(CN(C)C(=O)c2cc(N)ccn2)[nH]1. The van der Waals surface area contributed by atoms with Gasteiger partial charge in [0.2, 0.25) is 0 Å². The van der Waals surface area contributed by atoms with Crippen LogP contribution in [0.4, 0.5) is 5.69 Å². The van der Waals surface area contributed by atoms with Crippen LogP contribution in [0, 0.1) is 6.92 Å². The number of hydrogen-bond donors (Lipinski definition) is 2. The zero-order valence-electron chi connectivity index (χ0n) is 10.3. The average Bonchev–Trinajstić information content (AvgIpc) is 2.73. The number of aromatic nitrogens is 3. The van der Waals surface area contributed by atoms with E-state index in [2.05, 4.69) is 15.0 Å². The van der Waals surface area contributed by atoms with Gasteiger partial charge in [-0.2, -0.15) is 0 Å². The molecular formula is C12H15N5O. The zero-order valence-corrected chi connectivity index (χ0v) is 10.3. The molecule has 0 aliphatic heterocycles. The summed E-state index contributed by atoms with van der Waals surface area (Å²) >= 11 is 0. The Labute approximate surface area is 105 Å². The van der Waals surface area contributed by atoms with E-state index in [9.17, 15) is 4.79 Å². The van der Waals surface area contributed by atoms with E-state index in [1.54, 1.807) is 30.3 Å². The van der Waals surface area contributed by atoms with Crippen molar-refractivity contribution >= 4 is 11.6 Å². The maximum Gasteiger partial charge on any atom is 0.272 e. The third kappa shape index (κ3) is 2.65. The first-order valence-corrected chi connectivity index (χ1v) is 5.54. The number of carbonyl (C=O) groups is 1. The van der Waals surface area contributed by atoms with Crippen molar-refractivity contribution in [1.29, 1.82) is 0 Å². The maximum atomic E-state index is 12.1. The lowest BCUT2D eigenvalue weighted by Gasteiger charge is -2.15. The molecule has 6 heteroatoms. The van der Waals surface area contributed by atoms with Crippen LogP contribution in [-0.4, -0.2) is 32.8 Å². The van der Waals surface area contributed by atoms with E-state index in [-0.39, 0.29) is 5.91 Å². The molecule has 0 aliphatic rings. The summed E-state index contributed by atoms with van der Waals surface area (Å²) in [5, 5.41) is 0. The van der Waals surface area contributed by atoms with E-state index in [4.69, 9.17) is 5.73 Å². The van der Waals surface area contributed by atoms with Crippen molar-refractivity contribution in [3.05, 3.63) is 41.7 Å². The summed E-state index contributed by atoms with van der Waals surface area (Å²) in [5.41, 5.74) is 7.45. The van der Waals surface area contributed by atoms with E-state index in [1.165, 1.54) is 6.20 Å². The highest BCUT2D eigenvalue weighted by Gasteiger charge is 2.14. The molecule has 0 radical (unpaired) electrons. The van der Waals surface area contributed by atoms with Gasteiger partial charge >= 0.3 is 0 Å². The van der Waals surface area contributed by atoms with Crippen molar-refractivity contribution < 1.29 is 4.79 Å². The Hall–Kier alpha value is -2.37. The Morgan fingerprint density at radius 1 is 1.50 bits per heavy atom. The summed E-state index contributed by atoms with van der Waals surface area (Å²) in [7, 11) is 1.70. The van der Waals surface area contributed by atoms with Crippen LogP contribution in [0.2, 0.25) is 0 Å². The molecule has 6 nitrogen and oxygen atoms in total. The summed E-state index contributed by atoms with van der Waals surface area (Å²) in [6.45, 7) is 2.32.